The van der Waals surface area contributed by atoms with Crippen molar-refractivity contribution in [3.05, 3.63) is 0 Å². The third kappa shape index (κ3) is 75.3. The third-order valence-corrected chi connectivity index (χ3v) is 0. The van der Waals surface area contributed by atoms with E-state index >= 15 is 0 Å². The van der Waals surface area contributed by atoms with E-state index < -0.39 is 0 Å². The van der Waals surface area contributed by atoms with Crippen molar-refractivity contribution < 1.29 is 60.0 Å². The Hall–Kier alpha value is 1.05. The van der Waals surface area contributed by atoms with Gasteiger partial charge in [-0.15, -0.1) is 0 Å². The van der Waals surface area contributed by atoms with Gasteiger partial charge in [0.15, 0.2) is 0 Å². The van der Waals surface area contributed by atoms with E-state index in [4.69, 9.17) is 0 Å². The van der Waals surface area contributed by atoms with Crippen LogP contribution in [0.3, 0.4) is 0 Å². The van der Waals surface area contributed by atoms with Gasteiger partial charge in [-0.1, -0.05) is 0 Å². The fourth-order valence-electron chi connectivity index (χ4n) is 0. The van der Waals surface area contributed by atoms with Crippen LogP contribution in [0.15, 0.2) is 0 Å². The molecule has 0 saturated carbocycles. The third-order valence-electron chi connectivity index (χ3n) is 0. The van der Waals surface area contributed by atoms with Gasteiger partial charge in [-0.3, -0.25) is 0 Å². The standard InChI is InChI=1S/Cu.Mo.4H2O/h;;4*1H2/q;+4;;;;/p-4. The molecular weight excluding hydrogens is 223 g/mol. The predicted octanol–water partition coefficient (Wildman–Crippen LogP) is -0.712. The van der Waals surface area contributed by atoms with Gasteiger partial charge in [0.05, 0.1) is 0 Å². The van der Waals surface area contributed by atoms with Gasteiger partial charge in [-0.25, -0.2) is 0 Å². The van der Waals surface area contributed by atoms with Crippen LogP contribution >= 0.6 is 0 Å². The molecule has 0 aliphatic heterocycles. The summed E-state index contributed by atoms with van der Waals surface area (Å²) in [4.78, 5) is 0. The fourth-order valence-corrected chi connectivity index (χ4v) is 0. The van der Waals surface area contributed by atoms with Crippen LogP contribution in [-0.2, 0) is 38.1 Å². The Kier molecular flexibility index (Phi) is 5490. The number of hydrogen-bond donors (Lipinski definition) is 0. The van der Waals surface area contributed by atoms with E-state index in [2.05, 4.69) is 0 Å². The molecule has 0 aliphatic rings. The SMILES string of the molecule is [Cu].[Mo+4].[OH-].[OH-].[OH-].[OH-]. The molecule has 0 aromatic carbocycles. The Morgan fingerprint density at radius 3 is 0.500 bits per heavy atom. The van der Waals surface area contributed by atoms with Gasteiger partial charge in [0.2, 0.25) is 0 Å². The van der Waals surface area contributed by atoms with Gasteiger partial charge in [-0.2, -0.15) is 0 Å². The zero-order valence-electron chi connectivity index (χ0n) is 2.50. The normalized spacial score (nSPS) is 0. The molecule has 0 unspecified atom stereocenters. The molecule has 0 aliphatic carbocycles. The zero-order valence-corrected chi connectivity index (χ0v) is 5.45. The molecule has 1 radical (unpaired) electrons. The summed E-state index contributed by atoms with van der Waals surface area (Å²) < 4.78 is 0. The van der Waals surface area contributed by atoms with E-state index in [0.717, 1.165) is 0 Å². The molecule has 0 amide bonds. The van der Waals surface area contributed by atoms with Gasteiger partial charge in [-0.05, 0) is 0 Å². The second-order valence-electron chi connectivity index (χ2n) is 0. The minimum absolute atomic E-state index is 0. The van der Waals surface area contributed by atoms with Gasteiger partial charge in [0.25, 0.3) is 0 Å². The molecule has 0 fully saturated rings. The average molecular weight is 228 g/mol. The van der Waals surface area contributed by atoms with Crippen LogP contribution in [-0.4, -0.2) is 21.9 Å². The van der Waals surface area contributed by atoms with E-state index in [0.29, 0.717) is 0 Å². The summed E-state index contributed by atoms with van der Waals surface area (Å²) >= 11 is 0. The van der Waals surface area contributed by atoms with Crippen LogP contribution < -0.4 is 0 Å². The molecule has 0 bridgehead atoms. The Bertz CT molecular complexity index is 7.51. The van der Waals surface area contributed by atoms with Crippen molar-refractivity contribution in [3.63, 3.8) is 0 Å². The largest absolute Gasteiger partial charge is 4.00 e. The summed E-state index contributed by atoms with van der Waals surface area (Å²) in [7, 11) is 0. The molecule has 0 heterocycles. The van der Waals surface area contributed by atoms with Crippen LogP contribution in [0.5, 0.6) is 0 Å². The minimum Gasteiger partial charge on any atom is -0.870 e. The van der Waals surface area contributed by atoms with Crippen molar-refractivity contribution in [3.8, 4) is 0 Å². The van der Waals surface area contributed by atoms with Crippen LogP contribution in [0, 0.1) is 0 Å². The summed E-state index contributed by atoms with van der Waals surface area (Å²) in [5, 5.41) is 0. The molecule has 0 spiro atoms. The van der Waals surface area contributed by atoms with Gasteiger partial charge >= 0.3 is 21.1 Å². The number of hydrogen-bond acceptors (Lipinski definition) is 4. The number of rotatable bonds is 0. The van der Waals surface area contributed by atoms with E-state index in [-0.39, 0.29) is 60.0 Å². The molecule has 6 heteroatoms. The molecule has 4 nitrogen and oxygen atoms in total. The molecule has 45 valence electrons. The summed E-state index contributed by atoms with van der Waals surface area (Å²) in [6.45, 7) is 0. The van der Waals surface area contributed by atoms with Crippen molar-refractivity contribution in [1.29, 1.82) is 0 Å². The first kappa shape index (κ1) is 235. The summed E-state index contributed by atoms with van der Waals surface area (Å²) in [5.41, 5.74) is 0. The van der Waals surface area contributed by atoms with E-state index in [9.17, 15) is 0 Å². The van der Waals surface area contributed by atoms with E-state index in [1.807, 2.05) is 0 Å². The Morgan fingerprint density at radius 2 is 0.500 bits per heavy atom. The van der Waals surface area contributed by atoms with Crippen molar-refractivity contribution >= 4 is 0 Å². The molecule has 0 aromatic rings. The fraction of sp³-hybridized carbons (Fsp3) is 0. The van der Waals surface area contributed by atoms with Crippen LogP contribution in [0.1, 0.15) is 0 Å². The quantitative estimate of drug-likeness (QED) is 0.507. The maximum atomic E-state index is 0. The van der Waals surface area contributed by atoms with Crippen LogP contribution in [0.25, 0.3) is 0 Å². The Balaban J connectivity index is 0. The maximum absolute atomic E-state index is 0. The topological polar surface area (TPSA) is 120 Å². The van der Waals surface area contributed by atoms with Gasteiger partial charge in [0.1, 0.15) is 0 Å². The second-order valence-corrected chi connectivity index (χ2v) is 0. The van der Waals surface area contributed by atoms with Crippen molar-refractivity contribution in [1.82, 2.24) is 0 Å². The monoisotopic (exact) mass is 229 g/mol. The van der Waals surface area contributed by atoms with E-state index in [1.54, 1.807) is 0 Å². The van der Waals surface area contributed by atoms with Crippen molar-refractivity contribution in [2.45, 2.75) is 0 Å². The van der Waals surface area contributed by atoms with Crippen molar-refractivity contribution in [2.75, 3.05) is 0 Å². The summed E-state index contributed by atoms with van der Waals surface area (Å²) in [6, 6.07) is 0. The molecule has 6 heavy (non-hydrogen) atoms. The van der Waals surface area contributed by atoms with Gasteiger partial charge < -0.3 is 21.9 Å². The first-order valence-corrected chi connectivity index (χ1v) is 0. The summed E-state index contributed by atoms with van der Waals surface area (Å²) in [5.74, 6) is 0. The molecule has 0 saturated heterocycles. The van der Waals surface area contributed by atoms with Crippen molar-refractivity contribution in [2.24, 2.45) is 0 Å². The summed E-state index contributed by atoms with van der Waals surface area (Å²) in [6.07, 6.45) is 0. The Morgan fingerprint density at radius 1 is 0.500 bits per heavy atom. The first-order valence-electron chi connectivity index (χ1n) is 0. The molecule has 4 N–H and O–H groups in total. The molecule has 0 rings (SSSR count). The van der Waals surface area contributed by atoms with Crippen LogP contribution in [0.4, 0.5) is 0 Å². The minimum atomic E-state index is 0. The average Bonchev–Trinajstić information content (AvgIpc) is 0. The Labute approximate surface area is 60.3 Å². The van der Waals surface area contributed by atoms with Gasteiger partial charge in [0, 0.05) is 17.1 Å². The van der Waals surface area contributed by atoms with E-state index in [1.165, 1.54) is 0 Å². The molecular formula is H4CuMoO4. The zero-order chi connectivity index (χ0) is 0. The maximum Gasteiger partial charge on any atom is 4.00 e. The second kappa shape index (κ2) is 140. The molecule has 0 aromatic heterocycles. The molecule has 0 atom stereocenters. The first-order chi connectivity index (χ1) is 0. The predicted molar refractivity (Wildman–Crippen MR) is 7.74 cm³/mol. The smallest absolute Gasteiger partial charge is 0.870 e. The van der Waals surface area contributed by atoms with Crippen LogP contribution in [0.2, 0.25) is 0 Å².